The number of benzene rings is 2. The number of hydrogen-bond donors (Lipinski definition) is 3. The number of carbonyl (C=O) groups is 1. The standard InChI is InChI=1S/C26H29NO6/c1-15-9-10-18(28)22-20(15)25-13-14-27(3)16(2)26(25,31)12-11-19(23(25)33-22)32-24(30)21(29)17-7-5-4-6-8-17/h4-11,16,21,23,28-29,31H,12-14H2,1-3H3/t16-,21+,23+,25+,26-/m1/s1. The van der Waals surface area contributed by atoms with E-state index in [-0.39, 0.29) is 24.0 Å². The quantitative estimate of drug-likeness (QED) is 0.617. The van der Waals surface area contributed by atoms with Gasteiger partial charge < -0.3 is 29.7 Å². The third kappa shape index (κ3) is 2.96. The number of aliphatic hydroxyl groups excluding tert-OH is 1. The summed E-state index contributed by atoms with van der Waals surface area (Å²) in [5.74, 6) is -0.244. The molecule has 174 valence electrons. The summed E-state index contributed by atoms with van der Waals surface area (Å²) in [6.45, 7) is 4.62. The van der Waals surface area contributed by atoms with E-state index in [0.717, 1.165) is 11.1 Å². The van der Waals surface area contributed by atoms with Gasteiger partial charge in [0.2, 0.25) is 0 Å². The molecule has 0 saturated carbocycles. The molecule has 1 saturated heterocycles. The van der Waals surface area contributed by atoms with Crippen LogP contribution in [0.3, 0.4) is 0 Å². The number of ether oxygens (including phenoxy) is 2. The van der Waals surface area contributed by atoms with Crippen LogP contribution in [0, 0.1) is 6.92 Å². The monoisotopic (exact) mass is 451 g/mol. The third-order valence-corrected chi connectivity index (χ3v) is 7.89. The van der Waals surface area contributed by atoms with E-state index in [1.807, 2.05) is 27.0 Å². The number of fused-ring (bicyclic) bond motifs is 1. The van der Waals surface area contributed by atoms with Crippen LogP contribution in [-0.4, -0.2) is 57.5 Å². The second-order valence-electron chi connectivity index (χ2n) is 9.45. The number of aromatic hydroxyl groups is 1. The predicted molar refractivity (Wildman–Crippen MR) is 121 cm³/mol. The lowest BCUT2D eigenvalue weighted by molar-refractivity contribution is -0.166. The minimum Gasteiger partial charge on any atom is -0.504 e. The van der Waals surface area contributed by atoms with E-state index in [2.05, 4.69) is 4.90 Å². The van der Waals surface area contributed by atoms with Crippen molar-refractivity contribution >= 4 is 5.97 Å². The number of esters is 1. The largest absolute Gasteiger partial charge is 0.504 e. The van der Waals surface area contributed by atoms with Crippen LogP contribution < -0.4 is 4.74 Å². The van der Waals surface area contributed by atoms with Crippen molar-refractivity contribution in [1.29, 1.82) is 0 Å². The summed E-state index contributed by atoms with van der Waals surface area (Å²) in [6.07, 6.45) is 0.242. The van der Waals surface area contributed by atoms with Gasteiger partial charge in [-0.05, 0) is 57.1 Å². The van der Waals surface area contributed by atoms with E-state index < -0.39 is 29.2 Å². The molecule has 33 heavy (non-hydrogen) atoms. The molecule has 1 fully saturated rings. The van der Waals surface area contributed by atoms with Crippen LogP contribution >= 0.6 is 0 Å². The fourth-order valence-corrected chi connectivity index (χ4v) is 5.95. The number of piperidine rings is 1. The van der Waals surface area contributed by atoms with E-state index in [1.54, 1.807) is 42.5 Å². The van der Waals surface area contributed by atoms with E-state index in [1.165, 1.54) is 0 Å². The van der Waals surface area contributed by atoms with Crippen LogP contribution in [0.15, 0.2) is 54.3 Å². The zero-order valence-corrected chi connectivity index (χ0v) is 19.0. The summed E-state index contributed by atoms with van der Waals surface area (Å²) in [6, 6.07) is 11.8. The molecular weight excluding hydrogens is 422 g/mol. The number of likely N-dealkylation sites (tertiary alicyclic amines) is 1. The molecule has 0 amide bonds. The molecule has 3 N–H and O–H groups in total. The molecule has 3 aliphatic rings. The predicted octanol–water partition coefficient (Wildman–Crippen LogP) is 2.72. The smallest absolute Gasteiger partial charge is 0.344 e. The first-order valence-electron chi connectivity index (χ1n) is 11.3. The van der Waals surface area contributed by atoms with Gasteiger partial charge in [-0.1, -0.05) is 36.4 Å². The van der Waals surface area contributed by atoms with E-state index >= 15 is 0 Å². The number of hydrogen-bond acceptors (Lipinski definition) is 7. The second-order valence-corrected chi connectivity index (χ2v) is 9.45. The van der Waals surface area contributed by atoms with Gasteiger partial charge in [-0.15, -0.1) is 0 Å². The molecule has 1 aliphatic carbocycles. The van der Waals surface area contributed by atoms with Crippen LogP contribution in [0.25, 0.3) is 0 Å². The maximum atomic E-state index is 12.9. The highest BCUT2D eigenvalue weighted by molar-refractivity contribution is 5.77. The van der Waals surface area contributed by atoms with E-state index in [4.69, 9.17) is 9.47 Å². The minimum atomic E-state index is -1.45. The fraction of sp³-hybridized carbons (Fsp3) is 0.423. The lowest BCUT2D eigenvalue weighted by Gasteiger charge is -2.58. The van der Waals surface area contributed by atoms with Crippen molar-refractivity contribution in [3.63, 3.8) is 0 Å². The Balaban J connectivity index is 1.58. The average molecular weight is 452 g/mol. The molecule has 0 unspecified atom stereocenters. The molecule has 0 aromatic heterocycles. The van der Waals surface area contributed by atoms with Gasteiger partial charge in [0.15, 0.2) is 23.7 Å². The zero-order valence-electron chi connectivity index (χ0n) is 19.0. The molecule has 0 radical (unpaired) electrons. The number of aryl methyl sites for hydroxylation is 1. The van der Waals surface area contributed by atoms with Gasteiger partial charge in [-0.25, -0.2) is 4.79 Å². The summed E-state index contributed by atoms with van der Waals surface area (Å²) in [5.41, 5.74) is -0.0126. The molecule has 0 bridgehead atoms. The Labute approximate surface area is 192 Å². The van der Waals surface area contributed by atoms with Crippen LogP contribution in [0.4, 0.5) is 0 Å². The van der Waals surface area contributed by atoms with Crippen molar-refractivity contribution in [2.75, 3.05) is 13.6 Å². The number of phenols is 1. The highest BCUT2D eigenvalue weighted by atomic mass is 16.6. The second kappa shape index (κ2) is 7.58. The summed E-state index contributed by atoms with van der Waals surface area (Å²) in [4.78, 5) is 15.0. The van der Waals surface area contributed by atoms with Gasteiger partial charge in [0, 0.05) is 18.0 Å². The fourth-order valence-electron chi connectivity index (χ4n) is 5.95. The number of aliphatic hydroxyl groups is 2. The summed E-state index contributed by atoms with van der Waals surface area (Å²) in [7, 11) is 1.98. The highest BCUT2D eigenvalue weighted by Gasteiger charge is 2.69. The first-order valence-corrected chi connectivity index (χ1v) is 11.3. The maximum absolute atomic E-state index is 12.9. The topological polar surface area (TPSA) is 99.5 Å². The Hall–Kier alpha value is -2.87. The van der Waals surface area contributed by atoms with E-state index in [9.17, 15) is 20.1 Å². The van der Waals surface area contributed by atoms with E-state index in [0.29, 0.717) is 24.3 Å². The van der Waals surface area contributed by atoms with Crippen molar-refractivity contribution in [2.24, 2.45) is 0 Å². The molecule has 7 heteroatoms. The number of phenolic OH excluding ortho intramolecular Hbond substituents is 1. The lowest BCUT2D eigenvalue weighted by Crippen LogP contribution is -2.71. The molecule has 7 nitrogen and oxygen atoms in total. The van der Waals surface area contributed by atoms with Crippen molar-refractivity contribution in [3.8, 4) is 11.5 Å². The first-order chi connectivity index (χ1) is 15.7. The zero-order chi connectivity index (χ0) is 23.5. The first kappa shape index (κ1) is 21.9. The Kier molecular flexibility index (Phi) is 5.04. The Morgan fingerprint density at radius 3 is 2.70 bits per heavy atom. The third-order valence-electron chi connectivity index (χ3n) is 7.89. The van der Waals surface area contributed by atoms with Gasteiger partial charge in [-0.2, -0.15) is 0 Å². The summed E-state index contributed by atoms with van der Waals surface area (Å²) < 4.78 is 12.0. The van der Waals surface area contributed by atoms with Gasteiger partial charge >= 0.3 is 5.97 Å². The van der Waals surface area contributed by atoms with Gasteiger partial charge in [0.05, 0.1) is 11.0 Å². The van der Waals surface area contributed by atoms with Crippen LogP contribution in [0.5, 0.6) is 11.5 Å². The van der Waals surface area contributed by atoms with Crippen LogP contribution in [0.1, 0.15) is 42.6 Å². The molecule has 5 atom stereocenters. The number of carbonyl (C=O) groups excluding carboxylic acids is 1. The molecule has 5 rings (SSSR count). The normalized spacial score (nSPS) is 31.5. The molecule has 1 spiro atoms. The Morgan fingerprint density at radius 1 is 1.24 bits per heavy atom. The van der Waals surface area contributed by atoms with Crippen LogP contribution in [-0.2, 0) is 14.9 Å². The molecule has 2 aromatic rings. The maximum Gasteiger partial charge on any atom is 0.344 e. The summed E-state index contributed by atoms with van der Waals surface area (Å²) >= 11 is 0. The van der Waals surface area contributed by atoms with Gasteiger partial charge in [0.25, 0.3) is 0 Å². The minimum absolute atomic E-state index is 0.0108. The SMILES string of the molecule is Cc1ccc(O)c2c1[C@]13CCN(C)[C@H](C)[C@]1(O)CC=C(OC(=O)[C@@H](O)c1ccccc1)[C@@H]3O2. The van der Waals surface area contributed by atoms with Crippen molar-refractivity contribution < 1.29 is 29.6 Å². The summed E-state index contributed by atoms with van der Waals surface area (Å²) in [5, 5.41) is 33.3. The average Bonchev–Trinajstić information content (AvgIpc) is 3.19. The van der Waals surface area contributed by atoms with Crippen molar-refractivity contribution in [3.05, 3.63) is 71.0 Å². The van der Waals surface area contributed by atoms with Crippen molar-refractivity contribution in [2.45, 2.75) is 56.0 Å². The number of likely N-dealkylation sites (N-methyl/N-ethyl adjacent to an activating group) is 1. The molecule has 2 aromatic carbocycles. The van der Waals surface area contributed by atoms with Crippen LogP contribution in [0.2, 0.25) is 0 Å². The Morgan fingerprint density at radius 2 is 1.97 bits per heavy atom. The Bertz CT molecular complexity index is 1130. The van der Waals surface area contributed by atoms with Crippen molar-refractivity contribution in [1.82, 2.24) is 4.90 Å². The van der Waals surface area contributed by atoms with Gasteiger partial charge in [0.1, 0.15) is 5.76 Å². The molecule has 2 heterocycles. The lowest BCUT2D eigenvalue weighted by atomic mass is 9.54. The highest BCUT2D eigenvalue weighted by Crippen LogP contribution is 2.62. The van der Waals surface area contributed by atoms with Gasteiger partial charge in [-0.3, -0.25) is 0 Å². The number of rotatable bonds is 3. The number of nitrogens with zero attached hydrogens (tertiary/aromatic N) is 1. The molecule has 2 aliphatic heterocycles. The molecular formula is C26H29NO6.